The molecule has 1 radical (unpaired) electrons. The molecule has 0 aromatic rings. The topological polar surface area (TPSA) is 214 Å². The summed E-state index contributed by atoms with van der Waals surface area (Å²) in [6, 6.07) is 0. The minimum Gasteiger partial charge on any atom is -0.505 e. The number of ether oxygens (including phenoxy) is 2. The second-order valence-electron chi connectivity index (χ2n) is 4.62. The van der Waals surface area contributed by atoms with E-state index in [0.29, 0.717) is 0 Å². The zero-order valence-electron chi connectivity index (χ0n) is 12.3. The molecule has 2 heterocycles. The number of carbonyl (C=O) groups is 2. The van der Waals surface area contributed by atoms with Crippen LogP contribution in [-0.2, 0) is 35.8 Å². The van der Waals surface area contributed by atoms with Crippen LogP contribution in [0.2, 0.25) is 0 Å². The first-order chi connectivity index (χ1) is 11.1. The standard InChI is InChI=1S/2C6H8O6.Co/c2*7-1-2(8)5-3(9)4(10)6(11)12-5;/h2*2,5,7-10H,1H2;/t2*2-,5+;/m00./s1. The Balaban J connectivity index is 0.000000443. The van der Waals surface area contributed by atoms with Crippen LogP contribution < -0.4 is 0 Å². The van der Waals surface area contributed by atoms with Crippen LogP contribution in [0.1, 0.15) is 0 Å². The maximum Gasteiger partial charge on any atom is 0.377 e. The monoisotopic (exact) mass is 411 g/mol. The number of rotatable bonds is 4. The van der Waals surface area contributed by atoms with Crippen LogP contribution in [0.4, 0.5) is 0 Å². The van der Waals surface area contributed by atoms with Crippen molar-refractivity contribution in [3.63, 3.8) is 0 Å². The fourth-order valence-electron chi connectivity index (χ4n) is 1.65. The van der Waals surface area contributed by atoms with Gasteiger partial charge in [-0.3, -0.25) is 0 Å². The molecule has 12 nitrogen and oxygen atoms in total. The van der Waals surface area contributed by atoms with Crippen molar-refractivity contribution in [1.82, 2.24) is 0 Å². The Hall–Kier alpha value is -2.03. The van der Waals surface area contributed by atoms with Gasteiger partial charge >= 0.3 is 11.9 Å². The average molecular weight is 411 g/mol. The Bertz CT molecular complexity index is 520. The Morgan fingerprint density at radius 1 is 0.760 bits per heavy atom. The summed E-state index contributed by atoms with van der Waals surface area (Å²) in [5, 5.41) is 70.1. The third-order valence-corrected chi connectivity index (χ3v) is 2.95. The molecule has 0 saturated heterocycles. The van der Waals surface area contributed by atoms with E-state index in [4.69, 9.17) is 40.9 Å². The van der Waals surface area contributed by atoms with E-state index < -0.39 is 72.6 Å². The van der Waals surface area contributed by atoms with Crippen LogP contribution in [0, 0.1) is 0 Å². The number of esters is 2. The molecule has 2 aliphatic rings. The molecule has 0 fully saturated rings. The molecule has 0 amide bonds. The zero-order chi connectivity index (χ0) is 18.6. The molecule has 2 aliphatic heterocycles. The molecular formula is C12H16CoO12. The Labute approximate surface area is 150 Å². The van der Waals surface area contributed by atoms with E-state index in [2.05, 4.69) is 9.47 Å². The predicted octanol–water partition coefficient (Wildman–Crippen LogP) is -2.82. The molecule has 25 heavy (non-hydrogen) atoms. The molecular weight excluding hydrogens is 395 g/mol. The molecule has 0 bridgehead atoms. The van der Waals surface area contributed by atoms with Gasteiger partial charge in [0.15, 0.2) is 23.7 Å². The van der Waals surface area contributed by atoms with Crippen molar-refractivity contribution in [1.29, 1.82) is 0 Å². The average Bonchev–Trinajstić information content (AvgIpc) is 2.98. The molecule has 4 atom stereocenters. The molecule has 8 N–H and O–H groups in total. The maximum absolute atomic E-state index is 10.5. The van der Waals surface area contributed by atoms with E-state index in [-0.39, 0.29) is 16.8 Å². The molecule has 0 spiro atoms. The van der Waals surface area contributed by atoms with Crippen molar-refractivity contribution in [3.8, 4) is 0 Å². The molecule has 0 aromatic heterocycles. The van der Waals surface area contributed by atoms with Crippen LogP contribution in [0.3, 0.4) is 0 Å². The number of hydrogen-bond donors (Lipinski definition) is 8. The van der Waals surface area contributed by atoms with Gasteiger partial charge in [-0.15, -0.1) is 0 Å². The molecule has 0 saturated carbocycles. The molecule has 0 aromatic carbocycles. The van der Waals surface area contributed by atoms with E-state index >= 15 is 0 Å². The van der Waals surface area contributed by atoms with Crippen LogP contribution in [0.5, 0.6) is 0 Å². The largest absolute Gasteiger partial charge is 0.505 e. The summed E-state index contributed by atoms with van der Waals surface area (Å²) in [6.45, 7) is -1.34. The number of aliphatic hydroxyl groups is 8. The predicted molar refractivity (Wildman–Crippen MR) is 70.5 cm³/mol. The summed E-state index contributed by atoms with van der Waals surface area (Å²) < 4.78 is 8.63. The van der Waals surface area contributed by atoms with Crippen molar-refractivity contribution in [2.24, 2.45) is 0 Å². The van der Waals surface area contributed by atoms with Gasteiger partial charge in [-0.25, -0.2) is 9.59 Å². The number of cyclic esters (lactones) is 2. The number of aliphatic hydroxyl groups excluding tert-OH is 8. The fraction of sp³-hybridized carbons (Fsp3) is 0.500. The molecule has 0 aliphatic carbocycles. The van der Waals surface area contributed by atoms with Crippen molar-refractivity contribution in [2.45, 2.75) is 24.4 Å². The number of hydrogen-bond acceptors (Lipinski definition) is 12. The van der Waals surface area contributed by atoms with Gasteiger partial charge in [0, 0.05) is 16.8 Å². The van der Waals surface area contributed by atoms with E-state index in [1.165, 1.54) is 0 Å². The smallest absolute Gasteiger partial charge is 0.377 e. The van der Waals surface area contributed by atoms with E-state index in [1.807, 2.05) is 0 Å². The Morgan fingerprint density at radius 3 is 1.20 bits per heavy atom. The fourth-order valence-corrected chi connectivity index (χ4v) is 1.65. The van der Waals surface area contributed by atoms with Gasteiger partial charge in [0.1, 0.15) is 12.2 Å². The van der Waals surface area contributed by atoms with Crippen LogP contribution in [0.15, 0.2) is 23.0 Å². The van der Waals surface area contributed by atoms with E-state index in [1.54, 1.807) is 0 Å². The number of carbonyl (C=O) groups excluding carboxylic acids is 2. The SMILES string of the molecule is O=C1O[C@H]([C@@H](O)CO)C(O)=C1O.O=C1O[C@H]([C@@H](O)CO)C(O)=C1O.[Co]. The van der Waals surface area contributed by atoms with Gasteiger partial charge in [0.05, 0.1) is 13.2 Å². The minimum absolute atomic E-state index is 0. The summed E-state index contributed by atoms with van der Waals surface area (Å²) in [6.07, 6.45) is -5.55. The van der Waals surface area contributed by atoms with E-state index in [9.17, 15) is 9.59 Å². The van der Waals surface area contributed by atoms with Crippen molar-refractivity contribution in [2.75, 3.05) is 13.2 Å². The Morgan fingerprint density at radius 2 is 1.04 bits per heavy atom. The summed E-state index contributed by atoms with van der Waals surface area (Å²) in [5.41, 5.74) is 0. The van der Waals surface area contributed by atoms with Crippen molar-refractivity contribution >= 4 is 11.9 Å². The second kappa shape index (κ2) is 9.45. The molecule has 145 valence electrons. The van der Waals surface area contributed by atoms with Gasteiger partial charge in [0.2, 0.25) is 11.5 Å². The van der Waals surface area contributed by atoms with Crippen LogP contribution in [-0.4, -0.2) is 90.4 Å². The van der Waals surface area contributed by atoms with Crippen LogP contribution in [0.25, 0.3) is 0 Å². The van der Waals surface area contributed by atoms with Crippen molar-refractivity contribution < 1.29 is 76.7 Å². The normalized spacial score (nSPS) is 24.8. The van der Waals surface area contributed by atoms with Gasteiger partial charge < -0.3 is 50.3 Å². The third-order valence-electron chi connectivity index (χ3n) is 2.95. The Kier molecular flexibility index (Phi) is 8.68. The minimum atomic E-state index is -1.42. The van der Waals surface area contributed by atoms with Gasteiger partial charge in [-0.05, 0) is 0 Å². The van der Waals surface area contributed by atoms with Crippen molar-refractivity contribution in [3.05, 3.63) is 23.0 Å². The first-order valence-corrected chi connectivity index (χ1v) is 6.39. The van der Waals surface area contributed by atoms with E-state index in [0.717, 1.165) is 0 Å². The zero-order valence-corrected chi connectivity index (χ0v) is 13.3. The van der Waals surface area contributed by atoms with Gasteiger partial charge in [0.25, 0.3) is 0 Å². The first kappa shape index (κ1) is 23.0. The second-order valence-corrected chi connectivity index (χ2v) is 4.62. The summed E-state index contributed by atoms with van der Waals surface area (Å²) in [4.78, 5) is 21.1. The molecule has 0 unspecified atom stereocenters. The molecule has 13 heteroatoms. The summed E-state index contributed by atoms with van der Waals surface area (Å²) >= 11 is 0. The summed E-state index contributed by atoms with van der Waals surface area (Å²) in [7, 11) is 0. The third kappa shape index (κ3) is 4.97. The van der Waals surface area contributed by atoms with Crippen LogP contribution >= 0.6 is 0 Å². The summed E-state index contributed by atoms with van der Waals surface area (Å²) in [5.74, 6) is -5.56. The van der Waals surface area contributed by atoms with Gasteiger partial charge in [-0.2, -0.15) is 0 Å². The maximum atomic E-state index is 10.5. The molecule has 2 rings (SSSR count). The van der Waals surface area contributed by atoms with Gasteiger partial charge in [-0.1, -0.05) is 0 Å². The quantitative estimate of drug-likeness (QED) is 0.220. The first-order valence-electron chi connectivity index (χ1n) is 6.39.